The third-order valence-corrected chi connectivity index (χ3v) is 5.51. The summed E-state index contributed by atoms with van der Waals surface area (Å²) in [5.74, 6) is 0.869. The van der Waals surface area contributed by atoms with Gasteiger partial charge < -0.3 is 14.4 Å². The molecule has 0 aromatic heterocycles. The lowest BCUT2D eigenvalue weighted by molar-refractivity contribution is 0.0745. The minimum absolute atomic E-state index is 0.0975. The maximum atomic E-state index is 13.2. The van der Waals surface area contributed by atoms with Crippen LogP contribution >= 0.6 is 0 Å². The van der Waals surface area contributed by atoms with Crippen molar-refractivity contribution in [3.05, 3.63) is 53.1 Å². The summed E-state index contributed by atoms with van der Waals surface area (Å²) in [7, 11) is -1.83. The SMILES string of the molecule is COc1ccc2c(c1)CN(C(=O)c1cc(S(C)(=O)=O)ccc1OC(C)C)C2. The molecular formula is C20H23NO5S. The van der Waals surface area contributed by atoms with Gasteiger partial charge in [-0.3, -0.25) is 4.79 Å². The molecule has 2 aromatic rings. The van der Waals surface area contributed by atoms with Crippen LogP contribution in [0.2, 0.25) is 0 Å². The van der Waals surface area contributed by atoms with Gasteiger partial charge in [-0.15, -0.1) is 0 Å². The van der Waals surface area contributed by atoms with Crippen LogP contribution in [0, 0.1) is 0 Å². The number of carbonyl (C=O) groups excluding carboxylic acids is 1. The first-order valence-corrected chi connectivity index (χ1v) is 10.5. The molecule has 6 nitrogen and oxygen atoms in total. The molecule has 0 N–H and O–H groups in total. The van der Waals surface area contributed by atoms with Crippen LogP contribution in [0.25, 0.3) is 0 Å². The van der Waals surface area contributed by atoms with Gasteiger partial charge in [0.05, 0.1) is 23.7 Å². The second kappa shape index (κ2) is 7.23. The predicted molar refractivity (Wildman–Crippen MR) is 102 cm³/mol. The number of hydrogen-bond donors (Lipinski definition) is 0. The molecule has 1 heterocycles. The van der Waals surface area contributed by atoms with Crippen molar-refractivity contribution in [3.8, 4) is 11.5 Å². The summed E-state index contributed by atoms with van der Waals surface area (Å²) in [6, 6.07) is 10.1. The topological polar surface area (TPSA) is 72.9 Å². The molecule has 0 saturated heterocycles. The number of sulfone groups is 1. The standard InChI is InChI=1S/C20H23NO5S/c1-13(2)26-19-8-7-17(27(4,23)24)10-18(19)20(22)21-11-14-5-6-16(25-3)9-15(14)12-21/h5-10,13H,11-12H2,1-4H3. The summed E-state index contributed by atoms with van der Waals surface area (Å²) < 4.78 is 34.9. The van der Waals surface area contributed by atoms with Gasteiger partial charge in [0.2, 0.25) is 0 Å². The minimum Gasteiger partial charge on any atom is -0.497 e. The normalized spacial score (nSPS) is 13.6. The Kier molecular flexibility index (Phi) is 5.15. The second-order valence-electron chi connectivity index (χ2n) is 6.89. The van der Waals surface area contributed by atoms with E-state index in [0.29, 0.717) is 18.8 Å². The molecule has 0 saturated carbocycles. The third kappa shape index (κ3) is 4.08. The van der Waals surface area contributed by atoms with E-state index in [0.717, 1.165) is 23.1 Å². The highest BCUT2D eigenvalue weighted by Crippen LogP contribution is 2.31. The van der Waals surface area contributed by atoms with Crippen LogP contribution in [-0.4, -0.2) is 38.7 Å². The summed E-state index contributed by atoms with van der Waals surface area (Å²) in [6.07, 6.45) is 0.984. The summed E-state index contributed by atoms with van der Waals surface area (Å²) in [6.45, 7) is 4.62. The summed E-state index contributed by atoms with van der Waals surface area (Å²) >= 11 is 0. The van der Waals surface area contributed by atoms with Gasteiger partial charge in [0.25, 0.3) is 5.91 Å². The zero-order valence-corrected chi connectivity index (χ0v) is 16.7. The first-order chi connectivity index (χ1) is 12.7. The van der Waals surface area contributed by atoms with Crippen LogP contribution in [0.5, 0.6) is 11.5 Å². The molecule has 7 heteroatoms. The Bertz CT molecular complexity index is 982. The van der Waals surface area contributed by atoms with Gasteiger partial charge in [0.15, 0.2) is 9.84 Å². The van der Waals surface area contributed by atoms with Crippen LogP contribution in [0.3, 0.4) is 0 Å². The van der Waals surface area contributed by atoms with Crippen molar-refractivity contribution in [1.29, 1.82) is 0 Å². The first kappa shape index (κ1) is 19.2. The van der Waals surface area contributed by atoms with E-state index in [4.69, 9.17) is 9.47 Å². The Morgan fingerprint density at radius 3 is 2.41 bits per heavy atom. The molecule has 2 aromatic carbocycles. The number of rotatable bonds is 5. The number of ether oxygens (including phenoxy) is 2. The van der Waals surface area contributed by atoms with Crippen molar-refractivity contribution >= 4 is 15.7 Å². The number of fused-ring (bicyclic) bond motifs is 1. The Hall–Kier alpha value is -2.54. The molecule has 0 fully saturated rings. The van der Waals surface area contributed by atoms with Crippen molar-refractivity contribution in [3.63, 3.8) is 0 Å². The fourth-order valence-corrected chi connectivity index (χ4v) is 3.72. The maximum absolute atomic E-state index is 13.2. The van der Waals surface area contributed by atoms with Crippen molar-refractivity contribution in [2.24, 2.45) is 0 Å². The van der Waals surface area contributed by atoms with E-state index in [9.17, 15) is 13.2 Å². The van der Waals surface area contributed by atoms with E-state index in [2.05, 4.69) is 0 Å². The van der Waals surface area contributed by atoms with E-state index in [1.54, 1.807) is 18.1 Å². The maximum Gasteiger partial charge on any atom is 0.258 e. The predicted octanol–water partition coefficient (Wildman–Crippen LogP) is 3.04. The average molecular weight is 389 g/mol. The molecule has 3 rings (SSSR count). The quantitative estimate of drug-likeness (QED) is 0.786. The van der Waals surface area contributed by atoms with Gasteiger partial charge in [0, 0.05) is 19.3 Å². The van der Waals surface area contributed by atoms with Gasteiger partial charge in [-0.05, 0) is 55.3 Å². The highest BCUT2D eigenvalue weighted by Gasteiger charge is 2.28. The molecule has 144 valence electrons. The Morgan fingerprint density at radius 1 is 1.07 bits per heavy atom. The summed E-state index contributed by atoms with van der Waals surface area (Å²) in [5, 5.41) is 0. The molecular weight excluding hydrogens is 366 g/mol. The van der Waals surface area contributed by atoms with Gasteiger partial charge in [-0.2, -0.15) is 0 Å². The number of hydrogen-bond acceptors (Lipinski definition) is 5. The van der Waals surface area contributed by atoms with Crippen molar-refractivity contribution in [2.75, 3.05) is 13.4 Å². The van der Waals surface area contributed by atoms with Gasteiger partial charge in [-0.25, -0.2) is 8.42 Å². The Balaban J connectivity index is 1.96. The highest BCUT2D eigenvalue weighted by atomic mass is 32.2. The third-order valence-electron chi connectivity index (χ3n) is 4.40. The van der Waals surface area contributed by atoms with Crippen molar-refractivity contribution in [2.45, 2.75) is 37.9 Å². The fourth-order valence-electron chi connectivity index (χ4n) is 3.08. The van der Waals surface area contributed by atoms with Crippen molar-refractivity contribution in [1.82, 2.24) is 4.90 Å². The molecule has 0 atom stereocenters. The molecule has 0 unspecified atom stereocenters. The molecule has 0 bridgehead atoms. The largest absolute Gasteiger partial charge is 0.497 e. The number of carbonyl (C=O) groups is 1. The number of benzene rings is 2. The summed E-state index contributed by atoms with van der Waals surface area (Å²) in [4.78, 5) is 14.9. The van der Waals surface area contributed by atoms with Crippen LogP contribution in [0.15, 0.2) is 41.3 Å². The summed E-state index contributed by atoms with van der Waals surface area (Å²) in [5.41, 5.74) is 2.33. The molecule has 0 spiro atoms. The number of amides is 1. The van der Waals surface area contributed by atoms with Gasteiger partial charge in [-0.1, -0.05) is 6.07 Å². The zero-order valence-electron chi connectivity index (χ0n) is 15.9. The van der Waals surface area contributed by atoms with E-state index in [1.165, 1.54) is 12.1 Å². The Labute approximate surface area is 159 Å². The van der Waals surface area contributed by atoms with Crippen molar-refractivity contribution < 1.29 is 22.7 Å². The van der Waals surface area contributed by atoms with E-state index >= 15 is 0 Å². The van der Waals surface area contributed by atoms with Crippen LogP contribution < -0.4 is 9.47 Å². The van der Waals surface area contributed by atoms with Crippen LogP contribution in [0.4, 0.5) is 0 Å². The molecule has 27 heavy (non-hydrogen) atoms. The Morgan fingerprint density at radius 2 is 1.78 bits per heavy atom. The smallest absolute Gasteiger partial charge is 0.258 e. The minimum atomic E-state index is -3.43. The molecule has 0 aliphatic carbocycles. The van der Waals surface area contributed by atoms with E-state index in [1.807, 2.05) is 32.0 Å². The lowest BCUT2D eigenvalue weighted by atomic mass is 10.1. The highest BCUT2D eigenvalue weighted by molar-refractivity contribution is 7.90. The van der Waals surface area contributed by atoms with E-state index in [-0.39, 0.29) is 22.5 Å². The number of methoxy groups -OCH3 is 1. The van der Waals surface area contributed by atoms with Gasteiger partial charge in [0.1, 0.15) is 11.5 Å². The lowest BCUT2D eigenvalue weighted by Crippen LogP contribution is -2.26. The fraction of sp³-hybridized carbons (Fsp3) is 0.350. The monoisotopic (exact) mass is 389 g/mol. The van der Waals surface area contributed by atoms with Crippen LogP contribution in [-0.2, 0) is 22.9 Å². The first-order valence-electron chi connectivity index (χ1n) is 8.65. The molecule has 1 aliphatic heterocycles. The molecule has 1 aliphatic rings. The van der Waals surface area contributed by atoms with Gasteiger partial charge >= 0.3 is 0 Å². The number of nitrogens with zero attached hydrogens (tertiary/aromatic N) is 1. The zero-order chi connectivity index (χ0) is 19.8. The molecule has 0 radical (unpaired) electrons. The average Bonchev–Trinajstić information content (AvgIpc) is 3.03. The van der Waals surface area contributed by atoms with Crippen LogP contribution in [0.1, 0.15) is 35.3 Å². The van der Waals surface area contributed by atoms with E-state index < -0.39 is 9.84 Å². The molecule has 1 amide bonds. The second-order valence-corrected chi connectivity index (χ2v) is 8.91. The lowest BCUT2D eigenvalue weighted by Gasteiger charge is -2.20.